The average molecular weight is 243 g/mol. The van der Waals surface area contributed by atoms with Crippen molar-refractivity contribution < 1.29 is 4.79 Å². The van der Waals surface area contributed by atoms with Crippen LogP contribution in [0.2, 0.25) is 0 Å². The third-order valence-corrected chi connectivity index (χ3v) is 2.87. The number of nitrogens with zero attached hydrogens (tertiary/aromatic N) is 3. The van der Waals surface area contributed by atoms with Gasteiger partial charge in [0.05, 0.1) is 17.6 Å². The number of ketones is 1. The Labute approximate surface area is 107 Å². The molecular formula is C14H17N3O. The van der Waals surface area contributed by atoms with E-state index in [-0.39, 0.29) is 5.78 Å². The second-order valence-corrected chi connectivity index (χ2v) is 4.36. The molecule has 0 radical (unpaired) electrons. The number of carbonyl (C=O) groups excluding carboxylic acids is 1. The Morgan fingerprint density at radius 2 is 2.00 bits per heavy atom. The molecule has 0 aliphatic carbocycles. The van der Waals surface area contributed by atoms with Crippen LogP contribution in [-0.4, -0.2) is 20.8 Å². The smallest absolute Gasteiger partial charge is 0.159 e. The predicted molar refractivity (Wildman–Crippen MR) is 70.0 cm³/mol. The van der Waals surface area contributed by atoms with Gasteiger partial charge in [0, 0.05) is 5.56 Å². The van der Waals surface area contributed by atoms with Crippen molar-refractivity contribution >= 4 is 5.78 Å². The van der Waals surface area contributed by atoms with Crippen LogP contribution in [0.5, 0.6) is 0 Å². The summed E-state index contributed by atoms with van der Waals surface area (Å²) in [4.78, 5) is 11.2. The van der Waals surface area contributed by atoms with Gasteiger partial charge in [-0.05, 0) is 44.0 Å². The van der Waals surface area contributed by atoms with Gasteiger partial charge in [-0.1, -0.05) is 18.6 Å². The van der Waals surface area contributed by atoms with Gasteiger partial charge in [-0.2, -0.15) is 0 Å². The van der Waals surface area contributed by atoms with Gasteiger partial charge >= 0.3 is 0 Å². The number of Topliss-reactive ketones (excluding diaryl/α,β-unsaturated/α-hetero) is 1. The fraction of sp³-hybridized carbons (Fsp3) is 0.357. The first-order valence-electron chi connectivity index (χ1n) is 6.23. The molecule has 0 fully saturated rings. The summed E-state index contributed by atoms with van der Waals surface area (Å²) in [5.74, 6) is 0.0729. The Balaban J connectivity index is 2.15. The van der Waals surface area contributed by atoms with Crippen molar-refractivity contribution in [3.8, 4) is 5.69 Å². The molecule has 0 saturated carbocycles. The van der Waals surface area contributed by atoms with Crippen LogP contribution < -0.4 is 0 Å². The zero-order valence-electron chi connectivity index (χ0n) is 10.8. The summed E-state index contributed by atoms with van der Waals surface area (Å²) < 4.78 is 1.74. The lowest BCUT2D eigenvalue weighted by Gasteiger charge is -2.00. The fourth-order valence-electron chi connectivity index (χ4n) is 1.75. The van der Waals surface area contributed by atoms with E-state index in [0.717, 1.165) is 30.6 Å². The second kappa shape index (κ2) is 5.58. The maximum atomic E-state index is 11.2. The molecule has 0 N–H and O–H groups in total. The van der Waals surface area contributed by atoms with E-state index in [4.69, 9.17) is 0 Å². The summed E-state index contributed by atoms with van der Waals surface area (Å²) >= 11 is 0. The lowest BCUT2D eigenvalue weighted by molar-refractivity contribution is 0.101. The quantitative estimate of drug-likeness (QED) is 0.759. The van der Waals surface area contributed by atoms with E-state index in [2.05, 4.69) is 17.2 Å². The number of hydrogen-bond acceptors (Lipinski definition) is 3. The van der Waals surface area contributed by atoms with Crippen LogP contribution in [0.15, 0.2) is 30.5 Å². The number of hydrogen-bond donors (Lipinski definition) is 0. The Hall–Kier alpha value is -1.97. The van der Waals surface area contributed by atoms with E-state index in [1.165, 1.54) is 0 Å². The van der Waals surface area contributed by atoms with E-state index in [0.29, 0.717) is 5.56 Å². The molecule has 0 bridgehead atoms. The zero-order valence-corrected chi connectivity index (χ0v) is 10.8. The van der Waals surface area contributed by atoms with E-state index in [9.17, 15) is 4.79 Å². The predicted octanol–water partition coefficient (Wildman–Crippen LogP) is 2.81. The average Bonchev–Trinajstić information content (AvgIpc) is 2.85. The number of carbonyl (C=O) groups is 1. The Morgan fingerprint density at radius 3 is 2.61 bits per heavy atom. The molecule has 0 amide bonds. The van der Waals surface area contributed by atoms with E-state index < -0.39 is 0 Å². The van der Waals surface area contributed by atoms with E-state index in [1.54, 1.807) is 11.6 Å². The van der Waals surface area contributed by atoms with Crippen LogP contribution in [0.1, 0.15) is 42.7 Å². The summed E-state index contributed by atoms with van der Waals surface area (Å²) in [6.07, 6.45) is 5.18. The van der Waals surface area contributed by atoms with Crippen molar-refractivity contribution in [1.29, 1.82) is 0 Å². The van der Waals surface area contributed by atoms with E-state index >= 15 is 0 Å². The van der Waals surface area contributed by atoms with Crippen LogP contribution in [0.25, 0.3) is 5.69 Å². The lowest BCUT2D eigenvalue weighted by Crippen LogP contribution is -1.97. The zero-order chi connectivity index (χ0) is 13.0. The van der Waals surface area contributed by atoms with Crippen molar-refractivity contribution in [3.63, 3.8) is 0 Å². The second-order valence-electron chi connectivity index (χ2n) is 4.36. The van der Waals surface area contributed by atoms with Gasteiger partial charge in [0.15, 0.2) is 5.78 Å². The maximum Gasteiger partial charge on any atom is 0.159 e. The summed E-state index contributed by atoms with van der Waals surface area (Å²) in [6.45, 7) is 3.72. The number of benzene rings is 1. The molecule has 18 heavy (non-hydrogen) atoms. The van der Waals surface area contributed by atoms with Crippen molar-refractivity contribution in [2.45, 2.75) is 33.1 Å². The molecule has 0 aliphatic rings. The monoisotopic (exact) mass is 243 g/mol. The highest BCUT2D eigenvalue weighted by molar-refractivity contribution is 5.94. The molecule has 2 rings (SSSR count). The van der Waals surface area contributed by atoms with Crippen molar-refractivity contribution in [2.75, 3.05) is 0 Å². The first kappa shape index (κ1) is 12.5. The molecule has 4 heteroatoms. The lowest BCUT2D eigenvalue weighted by atomic mass is 10.1. The SMILES string of the molecule is CCCCc1cn(-c2ccc(C(C)=O)cc2)nn1. The van der Waals surface area contributed by atoms with Crippen molar-refractivity contribution in [3.05, 3.63) is 41.7 Å². The minimum Gasteiger partial charge on any atom is -0.295 e. The molecule has 1 aromatic heterocycles. The van der Waals surface area contributed by atoms with Crippen LogP contribution in [-0.2, 0) is 6.42 Å². The molecule has 0 atom stereocenters. The van der Waals surface area contributed by atoms with Gasteiger partial charge in [-0.3, -0.25) is 4.79 Å². The first-order valence-corrected chi connectivity index (χ1v) is 6.23. The van der Waals surface area contributed by atoms with Crippen LogP contribution in [0.3, 0.4) is 0 Å². The van der Waals surface area contributed by atoms with Gasteiger partial charge < -0.3 is 0 Å². The number of aryl methyl sites for hydroxylation is 1. The highest BCUT2D eigenvalue weighted by atomic mass is 16.1. The number of rotatable bonds is 5. The van der Waals surface area contributed by atoms with E-state index in [1.807, 2.05) is 30.5 Å². The van der Waals surface area contributed by atoms with Crippen LogP contribution in [0, 0.1) is 0 Å². The Morgan fingerprint density at radius 1 is 1.28 bits per heavy atom. The molecule has 1 heterocycles. The minimum absolute atomic E-state index is 0.0729. The molecule has 0 spiro atoms. The molecule has 0 saturated heterocycles. The standard InChI is InChI=1S/C14H17N3O/c1-3-4-5-13-10-17(16-15-13)14-8-6-12(7-9-14)11(2)18/h6-10H,3-5H2,1-2H3. The molecule has 2 aromatic rings. The Kier molecular flexibility index (Phi) is 3.87. The molecule has 0 unspecified atom stereocenters. The van der Waals surface area contributed by atoms with Gasteiger partial charge in [0.25, 0.3) is 0 Å². The van der Waals surface area contributed by atoms with Crippen LogP contribution >= 0.6 is 0 Å². The van der Waals surface area contributed by atoms with Gasteiger partial charge in [-0.25, -0.2) is 4.68 Å². The normalized spacial score (nSPS) is 10.6. The summed E-state index contributed by atoms with van der Waals surface area (Å²) in [6, 6.07) is 7.39. The highest BCUT2D eigenvalue weighted by Crippen LogP contribution is 2.10. The summed E-state index contributed by atoms with van der Waals surface area (Å²) in [5.41, 5.74) is 2.65. The van der Waals surface area contributed by atoms with Crippen LogP contribution in [0.4, 0.5) is 0 Å². The first-order chi connectivity index (χ1) is 8.70. The molecule has 0 aliphatic heterocycles. The molecular weight excluding hydrogens is 226 g/mol. The third kappa shape index (κ3) is 2.83. The third-order valence-electron chi connectivity index (χ3n) is 2.87. The topological polar surface area (TPSA) is 47.8 Å². The fourth-order valence-corrected chi connectivity index (χ4v) is 1.75. The highest BCUT2D eigenvalue weighted by Gasteiger charge is 2.04. The van der Waals surface area contributed by atoms with Gasteiger partial charge in [-0.15, -0.1) is 5.10 Å². The molecule has 1 aromatic carbocycles. The summed E-state index contributed by atoms with van der Waals surface area (Å²) in [7, 11) is 0. The minimum atomic E-state index is 0.0729. The molecule has 4 nitrogen and oxygen atoms in total. The van der Waals surface area contributed by atoms with Gasteiger partial charge in [0.1, 0.15) is 0 Å². The molecule has 94 valence electrons. The van der Waals surface area contributed by atoms with Gasteiger partial charge in [0.2, 0.25) is 0 Å². The largest absolute Gasteiger partial charge is 0.295 e. The van der Waals surface area contributed by atoms with Crippen molar-refractivity contribution in [2.24, 2.45) is 0 Å². The van der Waals surface area contributed by atoms with Crippen molar-refractivity contribution in [1.82, 2.24) is 15.0 Å². The maximum absolute atomic E-state index is 11.2. The number of unbranched alkanes of at least 4 members (excludes halogenated alkanes) is 1. The Bertz CT molecular complexity index is 528. The number of aromatic nitrogens is 3. The summed E-state index contributed by atoms with van der Waals surface area (Å²) in [5, 5.41) is 8.23.